The van der Waals surface area contributed by atoms with Crippen LogP contribution in [0.5, 0.6) is 0 Å². The molecule has 0 spiro atoms. The number of carbonyl (C=O) groups excluding carboxylic acids is 2. The van der Waals surface area contributed by atoms with E-state index in [0.29, 0.717) is 18.8 Å². The SMILES string of the molecule is CC(C)(C)C(=O)N1CCC[C@@H](C(=O)Nc2ccc(F)c(Cl)c2)C1. The molecule has 0 aromatic heterocycles. The summed E-state index contributed by atoms with van der Waals surface area (Å²) in [4.78, 5) is 26.5. The van der Waals surface area contributed by atoms with Crippen LogP contribution in [0.1, 0.15) is 33.6 Å². The maximum absolute atomic E-state index is 13.2. The standard InChI is InChI=1S/C17H22ClFN2O2/c1-17(2,3)16(23)21-8-4-5-11(10-21)15(22)20-12-6-7-14(19)13(18)9-12/h6-7,9,11H,4-5,8,10H2,1-3H3,(H,20,22)/t11-/m1/s1. The molecular formula is C17H22ClFN2O2. The molecule has 1 aromatic rings. The van der Waals surface area contributed by atoms with E-state index in [4.69, 9.17) is 11.6 Å². The molecule has 126 valence electrons. The van der Waals surface area contributed by atoms with Gasteiger partial charge < -0.3 is 10.2 Å². The second-order valence-corrected chi connectivity index (χ2v) is 7.37. The largest absolute Gasteiger partial charge is 0.341 e. The van der Waals surface area contributed by atoms with Crippen molar-refractivity contribution in [1.82, 2.24) is 4.90 Å². The number of halogens is 2. The van der Waals surface area contributed by atoms with Crippen molar-refractivity contribution in [1.29, 1.82) is 0 Å². The summed E-state index contributed by atoms with van der Waals surface area (Å²) >= 11 is 5.72. The number of nitrogens with one attached hydrogen (secondary N) is 1. The fraction of sp³-hybridized carbons (Fsp3) is 0.529. The fourth-order valence-electron chi connectivity index (χ4n) is 2.67. The van der Waals surface area contributed by atoms with Crippen molar-refractivity contribution < 1.29 is 14.0 Å². The number of benzene rings is 1. The first-order valence-corrected chi connectivity index (χ1v) is 8.11. The number of rotatable bonds is 2. The highest BCUT2D eigenvalue weighted by atomic mass is 35.5. The van der Waals surface area contributed by atoms with E-state index in [0.717, 1.165) is 12.8 Å². The maximum atomic E-state index is 13.2. The summed E-state index contributed by atoms with van der Waals surface area (Å²) in [6.07, 6.45) is 1.53. The average molecular weight is 341 g/mol. The Hall–Kier alpha value is -1.62. The summed E-state index contributed by atoms with van der Waals surface area (Å²) in [5, 5.41) is 2.72. The zero-order valence-corrected chi connectivity index (χ0v) is 14.4. The third-order valence-electron chi connectivity index (χ3n) is 3.91. The topological polar surface area (TPSA) is 49.4 Å². The zero-order chi connectivity index (χ0) is 17.2. The van der Waals surface area contributed by atoms with Gasteiger partial charge in [0.05, 0.1) is 10.9 Å². The van der Waals surface area contributed by atoms with Crippen LogP contribution in [0.3, 0.4) is 0 Å². The van der Waals surface area contributed by atoms with Crippen molar-refractivity contribution in [2.24, 2.45) is 11.3 Å². The van der Waals surface area contributed by atoms with Gasteiger partial charge in [0.25, 0.3) is 0 Å². The fourth-order valence-corrected chi connectivity index (χ4v) is 2.85. The van der Waals surface area contributed by atoms with Crippen LogP contribution in [0.4, 0.5) is 10.1 Å². The monoisotopic (exact) mass is 340 g/mol. The molecule has 0 saturated carbocycles. The molecule has 2 rings (SSSR count). The van der Waals surface area contributed by atoms with Crippen LogP contribution >= 0.6 is 11.6 Å². The van der Waals surface area contributed by atoms with Crippen molar-refractivity contribution in [3.8, 4) is 0 Å². The van der Waals surface area contributed by atoms with Gasteiger partial charge in [-0.15, -0.1) is 0 Å². The van der Waals surface area contributed by atoms with Gasteiger partial charge in [0.2, 0.25) is 11.8 Å². The summed E-state index contributed by atoms with van der Waals surface area (Å²) in [5.74, 6) is -0.901. The first kappa shape index (κ1) is 17.7. The number of carbonyl (C=O) groups is 2. The number of hydrogen-bond donors (Lipinski definition) is 1. The van der Waals surface area contributed by atoms with Crippen LogP contribution in [0.15, 0.2) is 18.2 Å². The number of anilines is 1. The number of piperidine rings is 1. The molecule has 1 N–H and O–H groups in total. The van der Waals surface area contributed by atoms with Crippen molar-refractivity contribution in [2.45, 2.75) is 33.6 Å². The van der Waals surface area contributed by atoms with Gasteiger partial charge in [-0.3, -0.25) is 9.59 Å². The van der Waals surface area contributed by atoms with Gasteiger partial charge in [-0.25, -0.2) is 4.39 Å². The predicted octanol–water partition coefficient (Wildman–Crippen LogP) is 3.70. The Bertz CT molecular complexity index is 613. The maximum Gasteiger partial charge on any atom is 0.229 e. The molecule has 1 heterocycles. The highest BCUT2D eigenvalue weighted by Gasteiger charge is 2.33. The van der Waals surface area contributed by atoms with E-state index in [9.17, 15) is 14.0 Å². The summed E-state index contributed by atoms with van der Waals surface area (Å²) < 4.78 is 13.2. The lowest BCUT2D eigenvalue weighted by molar-refractivity contribution is -0.142. The highest BCUT2D eigenvalue weighted by molar-refractivity contribution is 6.31. The van der Waals surface area contributed by atoms with Gasteiger partial charge in [0.1, 0.15) is 5.82 Å². The molecule has 0 bridgehead atoms. The molecule has 6 heteroatoms. The number of nitrogens with zero attached hydrogens (tertiary/aromatic N) is 1. The van der Waals surface area contributed by atoms with E-state index >= 15 is 0 Å². The summed E-state index contributed by atoms with van der Waals surface area (Å²) in [7, 11) is 0. The van der Waals surface area contributed by atoms with Gasteiger partial charge in [-0.05, 0) is 31.0 Å². The lowest BCUT2D eigenvalue weighted by Crippen LogP contribution is -2.47. The van der Waals surface area contributed by atoms with Crippen molar-refractivity contribution in [3.05, 3.63) is 29.0 Å². The van der Waals surface area contributed by atoms with Crippen LogP contribution in [0, 0.1) is 17.2 Å². The van der Waals surface area contributed by atoms with Crippen molar-refractivity contribution in [2.75, 3.05) is 18.4 Å². The van der Waals surface area contributed by atoms with E-state index in [1.165, 1.54) is 18.2 Å². The Balaban J connectivity index is 2.02. The Morgan fingerprint density at radius 1 is 1.35 bits per heavy atom. The molecule has 1 atom stereocenters. The quantitative estimate of drug-likeness (QED) is 0.892. The smallest absolute Gasteiger partial charge is 0.229 e. The summed E-state index contributed by atoms with van der Waals surface area (Å²) in [6, 6.07) is 4.07. The third-order valence-corrected chi connectivity index (χ3v) is 4.20. The molecular weight excluding hydrogens is 319 g/mol. The minimum absolute atomic E-state index is 0.0315. The molecule has 1 aliphatic heterocycles. The third kappa shape index (κ3) is 4.44. The molecule has 1 aliphatic rings. The summed E-state index contributed by atoms with van der Waals surface area (Å²) in [5.41, 5.74) is 0.00345. The van der Waals surface area contributed by atoms with Crippen molar-refractivity contribution >= 4 is 29.1 Å². The Morgan fingerprint density at radius 3 is 2.65 bits per heavy atom. The molecule has 2 amide bonds. The van der Waals surface area contributed by atoms with Gasteiger partial charge >= 0.3 is 0 Å². The minimum Gasteiger partial charge on any atom is -0.341 e. The minimum atomic E-state index is -0.524. The Morgan fingerprint density at radius 2 is 2.04 bits per heavy atom. The molecule has 1 aromatic carbocycles. The van der Waals surface area contributed by atoms with Gasteiger partial charge in [-0.2, -0.15) is 0 Å². The molecule has 1 saturated heterocycles. The first-order chi connectivity index (χ1) is 10.7. The van der Waals surface area contributed by atoms with Crippen LogP contribution < -0.4 is 5.32 Å². The number of amides is 2. The molecule has 4 nitrogen and oxygen atoms in total. The second kappa shape index (κ2) is 6.87. The van der Waals surface area contributed by atoms with Gasteiger partial charge in [-0.1, -0.05) is 32.4 Å². The lowest BCUT2D eigenvalue weighted by atomic mass is 9.91. The van der Waals surface area contributed by atoms with Gasteiger partial charge in [0.15, 0.2) is 0 Å². The predicted molar refractivity (Wildman–Crippen MR) is 88.8 cm³/mol. The van der Waals surface area contributed by atoms with Crippen LogP contribution in [-0.4, -0.2) is 29.8 Å². The number of hydrogen-bond acceptors (Lipinski definition) is 2. The van der Waals surface area contributed by atoms with E-state index < -0.39 is 11.2 Å². The van der Waals surface area contributed by atoms with E-state index in [1.54, 1.807) is 4.90 Å². The molecule has 1 fully saturated rings. The zero-order valence-electron chi connectivity index (χ0n) is 13.7. The molecule has 0 aliphatic carbocycles. The summed E-state index contributed by atoms with van der Waals surface area (Å²) in [6.45, 7) is 6.72. The number of likely N-dealkylation sites (tertiary alicyclic amines) is 1. The van der Waals surface area contributed by atoms with Crippen LogP contribution in [0.25, 0.3) is 0 Å². The lowest BCUT2D eigenvalue weighted by Gasteiger charge is -2.35. The van der Waals surface area contributed by atoms with Crippen molar-refractivity contribution in [3.63, 3.8) is 0 Å². The molecule has 23 heavy (non-hydrogen) atoms. The molecule has 0 unspecified atom stereocenters. The first-order valence-electron chi connectivity index (χ1n) is 7.74. The van der Waals surface area contributed by atoms with Crippen LogP contribution in [-0.2, 0) is 9.59 Å². The highest BCUT2D eigenvalue weighted by Crippen LogP contribution is 2.25. The Kier molecular flexibility index (Phi) is 5.30. The normalized spacial score (nSPS) is 18.7. The Labute approximate surface area is 141 Å². The second-order valence-electron chi connectivity index (χ2n) is 6.96. The van der Waals surface area contributed by atoms with Crippen LogP contribution in [0.2, 0.25) is 5.02 Å². The van der Waals surface area contributed by atoms with E-state index in [1.807, 2.05) is 20.8 Å². The molecule has 0 radical (unpaired) electrons. The van der Waals surface area contributed by atoms with Gasteiger partial charge in [0, 0.05) is 24.2 Å². The van der Waals surface area contributed by atoms with E-state index in [-0.39, 0.29) is 22.8 Å². The average Bonchev–Trinajstić information content (AvgIpc) is 2.49. The van der Waals surface area contributed by atoms with E-state index in [2.05, 4.69) is 5.32 Å².